The number of aliphatic imine (C=N–C) groups is 1. The Morgan fingerprint density at radius 1 is 1.04 bits per heavy atom. The Morgan fingerprint density at radius 2 is 1.57 bits per heavy atom. The van der Waals surface area contributed by atoms with Gasteiger partial charge in [-0.05, 0) is 68.3 Å². The van der Waals surface area contributed by atoms with Crippen molar-refractivity contribution >= 4 is 39.0 Å². The van der Waals surface area contributed by atoms with E-state index in [9.17, 15) is 13.2 Å². The average Bonchev–Trinajstić information content (AvgIpc) is 2.42. The summed E-state index contributed by atoms with van der Waals surface area (Å²) >= 11 is 5.75. The van der Waals surface area contributed by atoms with Gasteiger partial charge in [-0.3, -0.25) is 4.79 Å². The highest BCUT2D eigenvalue weighted by Crippen LogP contribution is 2.18. The maximum Gasteiger partial charge on any atom is 0.283 e. The van der Waals surface area contributed by atoms with E-state index in [1.54, 1.807) is 13.8 Å². The molecule has 1 aliphatic carbocycles. The van der Waals surface area contributed by atoms with E-state index in [4.69, 9.17) is 11.6 Å². The van der Waals surface area contributed by atoms with Crippen molar-refractivity contribution in [3.63, 3.8) is 0 Å². The first kappa shape index (κ1) is 17.3. The van der Waals surface area contributed by atoms with Crippen LogP contribution in [0, 0.1) is 0 Å². The molecule has 0 N–H and O–H groups in total. The van der Waals surface area contributed by atoms with E-state index < -0.39 is 10.0 Å². The van der Waals surface area contributed by atoms with Crippen LogP contribution in [0.5, 0.6) is 0 Å². The summed E-state index contributed by atoms with van der Waals surface area (Å²) in [6.07, 6.45) is 2.90. The van der Waals surface area contributed by atoms with E-state index >= 15 is 0 Å². The number of amidine groups is 1. The Hall–Kier alpha value is -2.05. The first-order chi connectivity index (χ1) is 10.7. The van der Waals surface area contributed by atoms with E-state index in [0.717, 1.165) is 0 Å². The fourth-order valence-electron chi connectivity index (χ4n) is 2.11. The van der Waals surface area contributed by atoms with Gasteiger partial charge in [0.1, 0.15) is 5.84 Å². The third-order valence-corrected chi connectivity index (χ3v) is 4.73. The van der Waals surface area contributed by atoms with Gasteiger partial charge in [0.25, 0.3) is 10.0 Å². The largest absolute Gasteiger partial charge is 0.290 e. The van der Waals surface area contributed by atoms with Crippen molar-refractivity contribution in [3.05, 3.63) is 52.6 Å². The zero-order valence-electron chi connectivity index (χ0n) is 12.9. The van der Waals surface area contributed by atoms with Gasteiger partial charge < -0.3 is 0 Å². The predicted octanol–water partition coefficient (Wildman–Crippen LogP) is 3.36. The van der Waals surface area contributed by atoms with Gasteiger partial charge in [-0.25, -0.2) is 4.99 Å². The molecule has 0 saturated carbocycles. The lowest BCUT2D eigenvalue weighted by Crippen LogP contribution is -2.13. The zero-order chi connectivity index (χ0) is 17.2. The van der Waals surface area contributed by atoms with Gasteiger partial charge in [-0.1, -0.05) is 11.6 Å². The summed E-state index contributed by atoms with van der Waals surface area (Å²) in [5, 5.41) is 0.443. The van der Waals surface area contributed by atoms with Crippen molar-refractivity contribution < 1.29 is 13.2 Å². The lowest BCUT2D eigenvalue weighted by Gasteiger charge is -2.11. The van der Waals surface area contributed by atoms with Crippen molar-refractivity contribution in [2.75, 3.05) is 0 Å². The lowest BCUT2D eigenvalue weighted by atomic mass is 9.97. The topological polar surface area (TPSA) is 75.9 Å². The monoisotopic (exact) mass is 350 g/mol. The van der Waals surface area contributed by atoms with Crippen LogP contribution in [0.1, 0.15) is 20.8 Å². The van der Waals surface area contributed by atoms with Gasteiger partial charge in [0.2, 0.25) is 0 Å². The van der Waals surface area contributed by atoms with E-state index in [1.807, 2.05) is 0 Å². The number of sulfonamides is 1. The number of hydrogen-bond donors (Lipinski definition) is 0. The third-order valence-electron chi connectivity index (χ3n) is 3.10. The molecular weight excluding hydrogens is 336 g/mol. The van der Waals surface area contributed by atoms with Gasteiger partial charge in [-0.2, -0.15) is 8.42 Å². The normalized spacial score (nSPS) is 16.1. The number of nitrogens with zero attached hydrogens (tertiary/aromatic N) is 2. The summed E-state index contributed by atoms with van der Waals surface area (Å²) in [5.74, 6) is -0.0212. The Balaban J connectivity index is 2.38. The molecule has 120 valence electrons. The number of hydrogen-bond acceptors (Lipinski definition) is 3. The van der Waals surface area contributed by atoms with Gasteiger partial charge in [0.15, 0.2) is 5.78 Å². The van der Waals surface area contributed by atoms with Crippen molar-refractivity contribution in [2.24, 2.45) is 9.39 Å². The summed E-state index contributed by atoms with van der Waals surface area (Å²) in [6.45, 7) is 4.99. The molecule has 0 aliphatic heterocycles. The minimum Gasteiger partial charge on any atom is -0.290 e. The highest BCUT2D eigenvalue weighted by Gasteiger charge is 2.16. The van der Waals surface area contributed by atoms with Gasteiger partial charge in [0.05, 0.1) is 10.6 Å². The highest BCUT2D eigenvalue weighted by molar-refractivity contribution is 7.90. The molecule has 0 fully saturated rings. The first-order valence-corrected chi connectivity index (χ1v) is 8.58. The minimum absolute atomic E-state index is 0.0415. The second-order valence-corrected chi connectivity index (χ2v) is 7.13. The molecular formula is C16H15ClN2O3S. The number of ketones is 1. The second kappa shape index (κ2) is 6.60. The quantitative estimate of drug-likeness (QED) is 0.466. The maximum atomic E-state index is 12.2. The molecule has 1 aliphatic rings. The standard InChI is InChI=1S/C16H15ClN2O3S/c1-10-8-14(20)9-11(2)16(10)18-12(3)19-23(21,22)15-6-4-13(17)5-7-15/h4-9H,1-3H3/b19-12+. The minimum atomic E-state index is -3.86. The second-order valence-electron chi connectivity index (χ2n) is 5.08. The molecule has 23 heavy (non-hydrogen) atoms. The van der Waals surface area contributed by atoms with Crippen LogP contribution in [0.2, 0.25) is 5.02 Å². The summed E-state index contributed by atoms with van der Waals surface area (Å²) in [7, 11) is -3.86. The SMILES string of the molecule is CC1=CC(=O)C=C(C)C1=N/C(C)=N/S(=O)(=O)c1ccc(Cl)cc1. The fraction of sp³-hybridized carbons (Fsp3) is 0.188. The molecule has 0 aromatic heterocycles. The number of rotatable bonds is 2. The molecule has 5 nitrogen and oxygen atoms in total. The van der Waals surface area contributed by atoms with Crippen LogP contribution < -0.4 is 0 Å². The number of carbonyl (C=O) groups excluding carboxylic acids is 1. The van der Waals surface area contributed by atoms with E-state index in [0.29, 0.717) is 21.9 Å². The predicted molar refractivity (Wildman–Crippen MR) is 91.7 cm³/mol. The molecule has 7 heteroatoms. The van der Waals surface area contributed by atoms with Crippen LogP contribution in [0.15, 0.2) is 61.8 Å². The molecule has 0 radical (unpaired) electrons. The maximum absolute atomic E-state index is 12.2. The molecule has 1 aromatic rings. The smallest absolute Gasteiger partial charge is 0.283 e. The summed E-state index contributed by atoms with van der Waals surface area (Å²) in [6, 6.07) is 5.74. The Labute approximate surface area is 140 Å². The number of allylic oxidation sites excluding steroid dienone is 4. The van der Waals surface area contributed by atoms with Crippen LogP contribution in [-0.4, -0.2) is 25.7 Å². The molecule has 0 bridgehead atoms. The Bertz CT molecular complexity index is 852. The van der Waals surface area contributed by atoms with Gasteiger partial charge in [-0.15, -0.1) is 4.40 Å². The summed E-state index contributed by atoms with van der Waals surface area (Å²) < 4.78 is 28.2. The summed E-state index contributed by atoms with van der Waals surface area (Å²) in [5.41, 5.74) is 1.90. The molecule has 0 amide bonds. The van der Waals surface area contributed by atoms with Crippen LogP contribution in [0.3, 0.4) is 0 Å². The first-order valence-electron chi connectivity index (χ1n) is 6.76. The van der Waals surface area contributed by atoms with Crippen molar-refractivity contribution in [1.82, 2.24) is 0 Å². The van der Waals surface area contributed by atoms with Crippen molar-refractivity contribution in [1.29, 1.82) is 0 Å². The third kappa shape index (κ3) is 4.24. The lowest BCUT2D eigenvalue weighted by molar-refractivity contribution is -0.110. The molecule has 0 saturated heterocycles. The highest BCUT2D eigenvalue weighted by atomic mass is 35.5. The number of benzene rings is 1. The molecule has 0 heterocycles. The Kier molecular flexibility index (Phi) is 4.97. The van der Waals surface area contributed by atoms with Crippen molar-refractivity contribution in [2.45, 2.75) is 25.7 Å². The molecule has 0 atom stereocenters. The van der Waals surface area contributed by atoms with E-state index in [-0.39, 0.29) is 16.5 Å². The Morgan fingerprint density at radius 3 is 2.09 bits per heavy atom. The van der Waals surface area contributed by atoms with Crippen LogP contribution >= 0.6 is 11.6 Å². The van der Waals surface area contributed by atoms with Gasteiger partial charge >= 0.3 is 0 Å². The number of carbonyl (C=O) groups is 1. The van der Waals surface area contributed by atoms with Crippen LogP contribution in [0.4, 0.5) is 0 Å². The molecule has 0 spiro atoms. The average molecular weight is 351 g/mol. The fourth-order valence-corrected chi connectivity index (χ4v) is 3.21. The van der Waals surface area contributed by atoms with E-state index in [2.05, 4.69) is 9.39 Å². The van der Waals surface area contributed by atoms with Gasteiger partial charge in [0, 0.05) is 5.02 Å². The van der Waals surface area contributed by atoms with Crippen LogP contribution in [-0.2, 0) is 14.8 Å². The number of halogens is 1. The zero-order valence-corrected chi connectivity index (χ0v) is 14.4. The van der Waals surface area contributed by atoms with Crippen LogP contribution in [0.25, 0.3) is 0 Å². The molecule has 2 rings (SSSR count). The van der Waals surface area contributed by atoms with Crippen molar-refractivity contribution in [3.8, 4) is 0 Å². The van der Waals surface area contributed by atoms with E-state index in [1.165, 1.54) is 43.3 Å². The molecule has 1 aromatic carbocycles. The summed E-state index contributed by atoms with van der Waals surface area (Å²) in [4.78, 5) is 15.7. The molecule has 0 unspecified atom stereocenters.